The minimum Gasteiger partial charge on any atom is -0.483 e. The normalized spacial score (nSPS) is 8.54. The molecule has 1 N–H and O–H groups in total. The van der Waals surface area contributed by atoms with Crippen LogP contribution in [0, 0.1) is 11.6 Å². The van der Waals surface area contributed by atoms with Crippen LogP contribution in [0.15, 0.2) is 18.2 Å². The van der Waals surface area contributed by atoms with Crippen LogP contribution < -0.4 is 0 Å². The van der Waals surface area contributed by atoms with Crippen molar-refractivity contribution in [2.24, 2.45) is 0 Å². The molecular weight excluding hydrogens is 178 g/mol. The topological polar surface area (TPSA) is 37.3 Å². The molecule has 1 rings (SSSR count). The average Bonchev–Trinajstić information content (AvgIpc) is 2.06. The van der Waals surface area contributed by atoms with Gasteiger partial charge in [-0.1, -0.05) is 13.0 Å². The Morgan fingerprint density at radius 3 is 2.00 bits per heavy atom. The van der Waals surface area contributed by atoms with E-state index in [0.717, 1.165) is 0 Å². The van der Waals surface area contributed by atoms with Crippen molar-refractivity contribution in [3.8, 4) is 0 Å². The predicted octanol–water partition coefficient (Wildman–Crippen LogP) is 2.23. The van der Waals surface area contributed by atoms with E-state index in [1.807, 2.05) is 0 Å². The van der Waals surface area contributed by atoms with Crippen molar-refractivity contribution >= 4 is 6.47 Å². The lowest BCUT2D eigenvalue weighted by Gasteiger charge is -1.98. The summed E-state index contributed by atoms with van der Waals surface area (Å²) in [5.41, 5.74) is 0.169. The molecule has 0 fully saturated rings. The molecule has 0 aliphatic heterocycles. The van der Waals surface area contributed by atoms with Crippen LogP contribution in [0.2, 0.25) is 0 Å². The van der Waals surface area contributed by atoms with Crippen LogP contribution in [0.25, 0.3) is 0 Å². The zero-order valence-electron chi connectivity index (χ0n) is 7.13. The van der Waals surface area contributed by atoms with Crippen LogP contribution in [-0.4, -0.2) is 11.6 Å². The van der Waals surface area contributed by atoms with E-state index in [2.05, 4.69) is 0 Å². The third-order valence-electron chi connectivity index (χ3n) is 1.42. The molecule has 1 aromatic carbocycles. The molecule has 0 aliphatic carbocycles. The maximum atomic E-state index is 12.6. The summed E-state index contributed by atoms with van der Waals surface area (Å²) in [6.45, 7) is 1.47. The summed E-state index contributed by atoms with van der Waals surface area (Å²) < 4.78 is 25.2. The Balaban J connectivity index is 0.000000424. The van der Waals surface area contributed by atoms with Crippen molar-refractivity contribution < 1.29 is 18.7 Å². The predicted molar refractivity (Wildman–Crippen MR) is 44.4 cm³/mol. The average molecular weight is 188 g/mol. The Morgan fingerprint density at radius 2 is 1.77 bits per heavy atom. The molecule has 0 atom stereocenters. The summed E-state index contributed by atoms with van der Waals surface area (Å²) >= 11 is 0. The van der Waals surface area contributed by atoms with Crippen molar-refractivity contribution in [1.29, 1.82) is 0 Å². The molecule has 0 saturated heterocycles. The molecule has 4 heteroatoms. The molecule has 72 valence electrons. The first kappa shape index (κ1) is 11.6. The van der Waals surface area contributed by atoms with Crippen molar-refractivity contribution in [3.05, 3.63) is 35.4 Å². The van der Waals surface area contributed by atoms with Gasteiger partial charge in [-0.05, 0) is 18.6 Å². The highest BCUT2D eigenvalue weighted by Gasteiger charge is 2.03. The highest BCUT2D eigenvalue weighted by Crippen LogP contribution is 2.11. The molecule has 1 aromatic rings. The Kier molecular flexibility index (Phi) is 5.43. The summed E-state index contributed by atoms with van der Waals surface area (Å²) in [4.78, 5) is 8.36. The zero-order chi connectivity index (χ0) is 10.3. The number of rotatable bonds is 1. The number of hydrogen-bond donors (Lipinski definition) is 1. The maximum Gasteiger partial charge on any atom is 0.290 e. The fraction of sp³-hybridized carbons (Fsp3) is 0.222. The summed E-state index contributed by atoms with van der Waals surface area (Å²) in [6.07, 6.45) is 0.401. The molecular formula is C9H10F2O2. The molecule has 2 nitrogen and oxygen atoms in total. The van der Waals surface area contributed by atoms with Crippen molar-refractivity contribution in [2.45, 2.75) is 13.3 Å². The zero-order valence-corrected chi connectivity index (χ0v) is 7.13. The quantitative estimate of drug-likeness (QED) is 0.686. The van der Waals surface area contributed by atoms with Crippen LogP contribution in [0.1, 0.15) is 12.5 Å². The van der Waals surface area contributed by atoms with Gasteiger partial charge in [0.15, 0.2) is 0 Å². The molecule has 0 amide bonds. The van der Waals surface area contributed by atoms with Gasteiger partial charge in [-0.2, -0.15) is 0 Å². The van der Waals surface area contributed by atoms with Gasteiger partial charge >= 0.3 is 0 Å². The summed E-state index contributed by atoms with van der Waals surface area (Å²) in [5.74, 6) is -0.912. The van der Waals surface area contributed by atoms with Crippen LogP contribution in [0.5, 0.6) is 0 Å². The third-order valence-corrected chi connectivity index (χ3v) is 1.42. The molecule has 0 saturated carbocycles. The monoisotopic (exact) mass is 188 g/mol. The van der Waals surface area contributed by atoms with E-state index in [-0.39, 0.29) is 12.0 Å². The number of carboxylic acid groups (broad SMARTS) is 1. The van der Waals surface area contributed by atoms with E-state index in [1.54, 1.807) is 6.92 Å². The fourth-order valence-electron chi connectivity index (χ4n) is 0.870. The van der Waals surface area contributed by atoms with Gasteiger partial charge in [0, 0.05) is 5.56 Å². The molecule has 0 aromatic heterocycles. The minimum absolute atomic E-state index is 0.169. The Bertz CT molecular complexity index is 254. The van der Waals surface area contributed by atoms with Crippen molar-refractivity contribution in [2.75, 3.05) is 0 Å². The van der Waals surface area contributed by atoms with Gasteiger partial charge in [0.1, 0.15) is 11.6 Å². The fourth-order valence-corrected chi connectivity index (χ4v) is 0.870. The molecule has 13 heavy (non-hydrogen) atoms. The molecule has 0 radical (unpaired) electrons. The van der Waals surface area contributed by atoms with E-state index < -0.39 is 11.6 Å². The van der Waals surface area contributed by atoms with Crippen LogP contribution in [0.4, 0.5) is 8.78 Å². The Labute approximate surface area is 74.8 Å². The van der Waals surface area contributed by atoms with E-state index in [9.17, 15) is 8.78 Å². The van der Waals surface area contributed by atoms with Gasteiger partial charge in [-0.15, -0.1) is 0 Å². The van der Waals surface area contributed by atoms with Crippen LogP contribution in [-0.2, 0) is 11.2 Å². The summed E-state index contributed by atoms with van der Waals surface area (Å²) in [7, 11) is 0. The second-order valence-electron chi connectivity index (χ2n) is 2.16. The minimum atomic E-state index is -0.456. The standard InChI is InChI=1S/C8H8F2.CH2O2/c1-2-6-7(9)4-3-5-8(6)10;2-1-3/h3-5H,2H2,1H3;1H,(H,2,3). The van der Waals surface area contributed by atoms with Gasteiger partial charge in [0.25, 0.3) is 6.47 Å². The number of benzene rings is 1. The van der Waals surface area contributed by atoms with Crippen LogP contribution >= 0.6 is 0 Å². The first-order chi connectivity index (χ1) is 6.17. The van der Waals surface area contributed by atoms with Gasteiger partial charge in [0.2, 0.25) is 0 Å². The van der Waals surface area contributed by atoms with Gasteiger partial charge in [-0.3, -0.25) is 4.79 Å². The lowest BCUT2D eigenvalue weighted by atomic mass is 10.1. The third kappa shape index (κ3) is 3.64. The van der Waals surface area contributed by atoms with Crippen molar-refractivity contribution in [3.63, 3.8) is 0 Å². The largest absolute Gasteiger partial charge is 0.483 e. The lowest BCUT2D eigenvalue weighted by molar-refractivity contribution is -0.122. The molecule has 0 spiro atoms. The molecule has 0 aliphatic rings. The van der Waals surface area contributed by atoms with E-state index in [1.165, 1.54) is 18.2 Å². The highest BCUT2D eigenvalue weighted by molar-refractivity contribution is 5.32. The second-order valence-corrected chi connectivity index (χ2v) is 2.16. The van der Waals surface area contributed by atoms with E-state index in [4.69, 9.17) is 9.90 Å². The summed E-state index contributed by atoms with van der Waals surface area (Å²) in [6, 6.07) is 3.90. The first-order valence-corrected chi connectivity index (χ1v) is 3.68. The van der Waals surface area contributed by atoms with Gasteiger partial charge in [-0.25, -0.2) is 8.78 Å². The Morgan fingerprint density at radius 1 is 1.38 bits per heavy atom. The molecule has 0 heterocycles. The highest BCUT2D eigenvalue weighted by atomic mass is 19.1. The summed E-state index contributed by atoms with van der Waals surface area (Å²) in [5, 5.41) is 6.89. The van der Waals surface area contributed by atoms with Crippen molar-refractivity contribution in [1.82, 2.24) is 0 Å². The van der Waals surface area contributed by atoms with E-state index >= 15 is 0 Å². The van der Waals surface area contributed by atoms with Gasteiger partial charge < -0.3 is 5.11 Å². The Hall–Kier alpha value is -1.45. The smallest absolute Gasteiger partial charge is 0.290 e. The molecule has 0 unspecified atom stereocenters. The molecule has 0 bridgehead atoms. The number of hydrogen-bond acceptors (Lipinski definition) is 1. The van der Waals surface area contributed by atoms with Crippen LogP contribution in [0.3, 0.4) is 0 Å². The number of halogens is 2. The second kappa shape index (κ2) is 6.11. The lowest BCUT2D eigenvalue weighted by Crippen LogP contribution is -1.91. The SMILES string of the molecule is CCc1c(F)cccc1F.O=CO. The number of carbonyl (C=O) groups is 1. The first-order valence-electron chi connectivity index (χ1n) is 3.68. The maximum absolute atomic E-state index is 12.6. The van der Waals surface area contributed by atoms with E-state index in [0.29, 0.717) is 6.42 Å². The van der Waals surface area contributed by atoms with Gasteiger partial charge in [0.05, 0.1) is 0 Å².